The minimum absolute atomic E-state index is 0.0428. The van der Waals surface area contributed by atoms with Crippen LogP contribution >= 0.6 is 0 Å². The maximum Gasteiger partial charge on any atom is 0.343 e. The van der Waals surface area contributed by atoms with Gasteiger partial charge < -0.3 is 4.74 Å². The van der Waals surface area contributed by atoms with Gasteiger partial charge in [0.1, 0.15) is 0 Å². The summed E-state index contributed by atoms with van der Waals surface area (Å²) in [5, 5.41) is 0. The van der Waals surface area contributed by atoms with Gasteiger partial charge in [-0.2, -0.15) is 4.39 Å². The monoisotopic (exact) mass is 492 g/mol. The number of rotatable bonds is 7. The van der Waals surface area contributed by atoms with Crippen molar-refractivity contribution in [1.82, 2.24) is 0 Å². The molecule has 0 unspecified atom stereocenters. The van der Waals surface area contributed by atoms with E-state index in [9.17, 15) is 22.4 Å². The smallest absolute Gasteiger partial charge is 0.343 e. The third kappa shape index (κ3) is 5.03. The van der Waals surface area contributed by atoms with Crippen LogP contribution in [-0.2, 0) is 12.8 Å². The average Bonchev–Trinajstić information content (AvgIpc) is 2.90. The van der Waals surface area contributed by atoms with Crippen molar-refractivity contribution in [2.24, 2.45) is 0 Å². The van der Waals surface area contributed by atoms with E-state index in [-0.39, 0.29) is 16.7 Å². The summed E-state index contributed by atoms with van der Waals surface area (Å²) in [6, 6.07) is 18.3. The minimum Gasteiger partial charge on any atom is -0.420 e. The van der Waals surface area contributed by atoms with Gasteiger partial charge in [0.25, 0.3) is 0 Å². The van der Waals surface area contributed by atoms with Crippen molar-refractivity contribution < 1.29 is 27.1 Å². The van der Waals surface area contributed by atoms with Crippen LogP contribution in [0.1, 0.15) is 41.8 Å². The van der Waals surface area contributed by atoms with Crippen LogP contribution in [0, 0.1) is 23.3 Å². The van der Waals surface area contributed by atoms with E-state index >= 15 is 0 Å². The molecule has 0 aliphatic rings. The van der Waals surface area contributed by atoms with Crippen LogP contribution in [0.4, 0.5) is 17.6 Å². The zero-order chi connectivity index (χ0) is 25.8. The second-order valence-corrected chi connectivity index (χ2v) is 8.41. The van der Waals surface area contributed by atoms with Crippen molar-refractivity contribution in [3.8, 4) is 28.0 Å². The molecule has 0 radical (unpaired) electrons. The SMILES string of the molecule is CCCc1ccc(-c2ccc(C(=O)Oc3ccc(-c4ccc(CC)cc4)c(F)c3F)cc2)c(F)c1F. The molecule has 36 heavy (non-hydrogen) atoms. The van der Waals surface area contributed by atoms with E-state index in [2.05, 4.69) is 0 Å². The Bertz CT molecular complexity index is 1390. The molecule has 0 fully saturated rings. The van der Waals surface area contributed by atoms with Crippen molar-refractivity contribution in [3.05, 3.63) is 113 Å². The van der Waals surface area contributed by atoms with Gasteiger partial charge in [-0.3, -0.25) is 0 Å². The Morgan fingerprint density at radius 2 is 1.22 bits per heavy atom. The van der Waals surface area contributed by atoms with Crippen molar-refractivity contribution in [1.29, 1.82) is 0 Å². The maximum absolute atomic E-state index is 14.7. The summed E-state index contributed by atoms with van der Waals surface area (Å²) in [5.74, 6) is -5.70. The summed E-state index contributed by atoms with van der Waals surface area (Å²) >= 11 is 0. The van der Waals surface area contributed by atoms with Crippen LogP contribution in [0.15, 0.2) is 72.8 Å². The first-order valence-electron chi connectivity index (χ1n) is 11.7. The maximum atomic E-state index is 14.7. The molecule has 0 aliphatic heterocycles. The van der Waals surface area contributed by atoms with E-state index < -0.39 is 35.0 Å². The number of aryl methyl sites for hydroxylation is 2. The second-order valence-electron chi connectivity index (χ2n) is 8.41. The quantitative estimate of drug-likeness (QED) is 0.147. The molecule has 0 atom stereocenters. The molecule has 0 bridgehead atoms. The molecule has 0 aromatic heterocycles. The Morgan fingerprint density at radius 3 is 1.81 bits per heavy atom. The zero-order valence-corrected chi connectivity index (χ0v) is 19.9. The molecule has 0 aliphatic carbocycles. The summed E-state index contributed by atoms with van der Waals surface area (Å²) in [4.78, 5) is 12.5. The summed E-state index contributed by atoms with van der Waals surface area (Å²) in [7, 11) is 0. The molecule has 0 N–H and O–H groups in total. The van der Waals surface area contributed by atoms with Gasteiger partial charge in [-0.1, -0.05) is 68.8 Å². The van der Waals surface area contributed by atoms with E-state index in [0.717, 1.165) is 12.0 Å². The molecular weight excluding hydrogens is 468 g/mol. The number of carbonyl (C=O) groups excluding carboxylic acids is 1. The van der Waals surface area contributed by atoms with E-state index in [1.54, 1.807) is 18.2 Å². The summed E-state index contributed by atoms with van der Waals surface area (Å²) in [6.45, 7) is 3.87. The summed E-state index contributed by atoms with van der Waals surface area (Å²) < 4.78 is 63.4. The highest BCUT2D eigenvalue weighted by Gasteiger charge is 2.20. The van der Waals surface area contributed by atoms with Crippen LogP contribution in [0.2, 0.25) is 0 Å². The molecule has 184 valence electrons. The first-order chi connectivity index (χ1) is 17.3. The van der Waals surface area contributed by atoms with E-state index in [1.165, 1.54) is 42.5 Å². The number of halogens is 4. The standard InChI is InChI=1S/C30H24F4O2/c1-3-5-21-14-15-23(27(32)26(21)31)20-10-12-22(13-11-20)30(35)36-25-17-16-24(28(33)29(25)34)19-8-6-18(4-2)7-9-19/h6-17H,3-5H2,1-2H3. The van der Waals surface area contributed by atoms with Gasteiger partial charge in [0.2, 0.25) is 5.82 Å². The van der Waals surface area contributed by atoms with E-state index in [4.69, 9.17) is 4.74 Å². The highest BCUT2D eigenvalue weighted by molar-refractivity contribution is 5.91. The largest absolute Gasteiger partial charge is 0.420 e. The Labute approximate surface area is 207 Å². The fraction of sp³-hybridized carbons (Fsp3) is 0.167. The van der Waals surface area contributed by atoms with Crippen LogP contribution in [0.3, 0.4) is 0 Å². The summed E-state index contributed by atoms with van der Waals surface area (Å²) in [5.41, 5.74) is 2.39. The van der Waals surface area contributed by atoms with Crippen molar-refractivity contribution in [2.45, 2.75) is 33.1 Å². The first kappa shape index (κ1) is 25.2. The Morgan fingerprint density at radius 1 is 0.667 bits per heavy atom. The molecular formula is C30H24F4O2. The second kappa shape index (κ2) is 10.8. The number of benzene rings is 4. The normalized spacial score (nSPS) is 10.9. The highest BCUT2D eigenvalue weighted by Crippen LogP contribution is 2.31. The third-order valence-corrected chi connectivity index (χ3v) is 6.04. The molecule has 2 nitrogen and oxygen atoms in total. The molecule has 0 saturated carbocycles. The first-order valence-corrected chi connectivity index (χ1v) is 11.7. The lowest BCUT2D eigenvalue weighted by Gasteiger charge is -2.11. The number of ether oxygens (including phenoxy) is 1. The van der Waals surface area contributed by atoms with Crippen molar-refractivity contribution in [3.63, 3.8) is 0 Å². The topological polar surface area (TPSA) is 26.3 Å². The van der Waals surface area contributed by atoms with Gasteiger partial charge in [0.15, 0.2) is 23.2 Å². The van der Waals surface area contributed by atoms with E-state index in [1.807, 2.05) is 26.0 Å². The van der Waals surface area contributed by atoms with Gasteiger partial charge in [-0.15, -0.1) is 0 Å². The zero-order valence-electron chi connectivity index (χ0n) is 19.9. The lowest BCUT2D eigenvalue weighted by Crippen LogP contribution is -2.10. The minimum atomic E-state index is -1.28. The number of carbonyl (C=O) groups is 1. The van der Waals surface area contributed by atoms with E-state index in [0.29, 0.717) is 29.5 Å². The predicted octanol–water partition coefficient (Wildman–Crippen LogP) is 8.31. The summed E-state index contributed by atoms with van der Waals surface area (Å²) in [6.07, 6.45) is 1.94. The fourth-order valence-corrected chi connectivity index (χ4v) is 3.97. The number of hydrogen-bond acceptors (Lipinski definition) is 2. The number of esters is 1. The lowest BCUT2D eigenvalue weighted by molar-refractivity contribution is 0.0727. The molecule has 6 heteroatoms. The van der Waals surface area contributed by atoms with Gasteiger partial charge >= 0.3 is 5.97 Å². The van der Waals surface area contributed by atoms with Crippen molar-refractivity contribution >= 4 is 5.97 Å². The van der Waals surface area contributed by atoms with Crippen LogP contribution in [-0.4, -0.2) is 5.97 Å². The fourth-order valence-electron chi connectivity index (χ4n) is 3.97. The Balaban J connectivity index is 1.53. The molecule has 0 amide bonds. The van der Waals surface area contributed by atoms with Gasteiger partial charge in [-0.05, 0) is 59.4 Å². The number of hydrogen-bond donors (Lipinski definition) is 0. The van der Waals surface area contributed by atoms with Crippen molar-refractivity contribution in [2.75, 3.05) is 0 Å². The Hall–Kier alpha value is -3.93. The molecule has 0 heterocycles. The third-order valence-electron chi connectivity index (χ3n) is 6.04. The van der Waals surface area contributed by atoms with Gasteiger partial charge in [-0.25, -0.2) is 18.0 Å². The Kier molecular flexibility index (Phi) is 7.53. The highest BCUT2D eigenvalue weighted by atomic mass is 19.2. The van der Waals surface area contributed by atoms with Crippen LogP contribution < -0.4 is 4.74 Å². The van der Waals surface area contributed by atoms with Gasteiger partial charge in [0, 0.05) is 11.1 Å². The molecule has 4 aromatic carbocycles. The molecule has 4 rings (SSSR count). The van der Waals surface area contributed by atoms with Crippen LogP contribution in [0.25, 0.3) is 22.3 Å². The predicted molar refractivity (Wildman–Crippen MR) is 132 cm³/mol. The average molecular weight is 493 g/mol. The lowest BCUT2D eigenvalue weighted by atomic mass is 10.00. The molecule has 0 saturated heterocycles. The molecule has 0 spiro atoms. The molecule has 4 aromatic rings. The van der Waals surface area contributed by atoms with Gasteiger partial charge in [0.05, 0.1) is 5.56 Å². The van der Waals surface area contributed by atoms with Crippen LogP contribution in [0.5, 0.6) is 5.75 Å².